The van der Waals surface area contributed by atoms with Crippen molar-refractivity contribution in [3.8, 4) is 0 Å². The second-order valence-electron chi connectivity index (χ2n) is 4.67. The zero-order valence-corrected chi connectivity index (χ0v) is 12.2. The van der Waals surface area contributed by atoms with E-state index in [0.29, 0.717) is 16.3 Å². The van der Waals surface area contributed by atoms with Gasteiger partial charge >= 0.3 is 0 Å². The molecule has 0 unspecified atom stereocenters. The first-order valence-electron chi connectivity index (χ1n) is 6.46. The number of benzene rings is 2. The number of nitrogens with one attached hydrogen (secondary N) is 1. The first-order valence-corrected chi connectivity index (χ1v) is 6.83. The van der Waals surface area contributed by atoms with Crippen molar-refractivity contribution in [3.05, 3.63) is 64.4 Å². The van der Waals surface area contributed by atoms with Crippen LogP contribution in [-0.2, 0) is 0 Å². The van der Waals surface area contributed by atoms with Crippen LogP contribution in [0.2, 0.25) is 5.02 Å². The summed E-state index contributed by atoms with van der Waals surface area (Å²) in [7, 11) is 0. The van der Waals surface area contributed by atoms with Crippen molar-refractivity contribution in [2.45, 2.75) is 13.0 Å². The second kappa shape index (κ2) is 6.70. The van der Waals surface area contributed by atoms with Crippen molar-refractivity contribution < 1.29 is 14.3 Å². The molecule has 2 N–H and O–H groups in total. The molecule has 3 nitrogen and oxygen atoms in total. The zero-order chi connectivity index (χ0) is 15.4. The number of rotatable bonds is 5. The van der Waals surface area contributed by atoms with Crippen LogP contribution in [0.1, 0.15) is 28.9 Å². The van der Waals surface area contributed by atoms with Crippen LogP contribution in [0.4, 0.5) is 10.1 Å². The third-order valence-corrected chi connectivity index (χ3v) is 3.36. The molecule has 0 bridgehead atoms. The van der Waals surface area contributed by atoms with Crippen molar-refractivity contribution in [1.29, 1.82) is 0 Å². The van der Waals surface area contributed by atoms with Gasteiger partial charge in [0, 0.05) is 17.3 Å². The number of ketones is 1. The lowest BCUT2D eigenvalue weighted by Crippen LogP contribution is -2.14. The van der Waals surface area contributed by atoms with Crippen LogP contribution in [0, 0.1) is 5.82 Å². The highest BCUT2D eigenvalue weighted by Crippen LogP contribution is 2.22. The van der Waals surface area contributed by atoms with Gasteiger partial charge in [0.15, 0.2) is 5.78 Å². The van der Waals surface area contributed by atoms with Gasteiger partial charge in [0.1, 0.15) is 5.82 Å². The van der Waals surface area contributed by atoms with E-state index in [9.17, 15) is 14.3 Å². The van der Waals surface area contributed by atoms with E-state index in [0.717, 1.165) is 0 Å². The van der Waals surface area contributed by atoms with Gasteiger partial charge in [0.2, 0.25) is 0 Å². The molecule has 0 aliphatic heterocycles. The van der Waals surface area contributed by atoms with E-state index in [1.807, 2.05) is 0 Å². The van der Waals surface area contributed by atoms with E-state index >= 15 is 0 Å². The summed E-state index contributed by atoms with van der Waals surface area (Å²) >= 11 is 5.79. The number of aliphatic hydroxyl groups is 1. The average Bonchev–Trinajstić information content (AvgIpc) is 2.45. The number of hydrogen-bond acceptors (Lipinski definition) is 3. The van der Waals surface area contributed by atoms with Gasteiger partial charge in [-0.05, 0) is 36.8 Å². The topological polar surface area (TPSA) is 49.3 Å². The fourth-order valence-electron chi connectivity index (χ4n) is 2.04. The maximum Gasteiger partial charge on any atom is 0.164 e. The van der Waals surface area contributed by atoms with Gasteiger partial charge in [-0.25, -0.2) is 4.39 Å². The maximum absolute atomic E-state index is 13.7. The standard InChI is InChI=1S/C16H15ClFNO2/c1-10(20)16-13(18)3-2-4-14(16)19-9-15(21)11-5-7-12(17)8-6-11/h2-8,15,19,21H,9H2,1H3/t15-/m1/s1. The van der Waals surface area contributed by atoms with E-state index in [2.05, 4.69) is 5.32 Å². The number of carbonyl (C=O) groups is 1. The van der Waals surface area contributed by atoms with Gasteiger partial charge in [0.25, 0.3) is 0 Å². The Morgan fingerprint density at radius 3 is 2.57 bits per heavy atom. The van der Waals surface area contributed by atoms with Crippen LogP contribution < -0.4 is 5.32 Å². The molecule has 2 aromatic carbocycles. The molecule has 2 aromatic rings. The lowest BCUT2D eigenvalue weighted by molar-refractivity contribution is 0.101. The summed E-state index contributed by atoms with van der Waals surface area (Å²) in [6.07, 6.45) is -0.787. The molecule has 0 fully saturated rings. The predicted molar refractivity (Wildman–Crippen MR) is 81.3 cm³/mol. The Labute approximate surface area is 127 Å². The van der Waals surface area contributed by atoms with E-state index in [4.69, 9.17) is 11.6 Å². The predicted octanol–water partition coefficient (Wildman–Crippen LogP) is 3.83. The molecule has 0 aromatic heterocycles. The third-order valence-electron chi connectivity index (χ3n) is 3.11. The van der Waals surface area contributed by atoms with Crippen molar-refractivity contribution >= 4 is 23.1 Å². The van der Waals surface area contributed by atoms with Crippen molar-refractivity contribution in [2.75, 3.05) is 11.9 Å². The Morgan fingerprint density at radius 2 is 1.95 bits per heavy atom. The molecule has 0 saturated heterocycles. The van der Waals surface area contributed by atoms with E-state index in [1.165, 1.54) is 19.1 Å². The minimum absolute atomic E-state index is 0.000746. The van der Waals surface area contributed by atoms with E-state index < -0.39 is 11.9 Å². The third kappa shape index (κ3) is 3.80. The molecule has 0 spiro atoms. The first kappa shape index (κ1) is 15.5. The van der Waals surface area contributed by atoms with Gasteiger partial charge in [-0.15, -0.1) is 0 Å². The largest absolute Gasteiger partial charge is 0.387 e. The molecule has 0 aliphatic carbocycles. The molecule has 2 rings (SSSR count). The molecular weight excluding hydrogens is 293 g/mol. The smallest absolute Gasteiger partial charge is 0.164 e. The summed E-state index contributed by atoms with van der Waals surface area (Å²) in [5.41, 5.74) is 1.06. The van der Waals surface area contributed by atoms with Crippen molar-refractivity contribution in [1.82, 2.24) is 0 Å². The lowest BCUT2D eigenvalue weighted by Gasteiger charge is -2.15. The van der Waals surface area contributed by atoms with Gasteiger partial charge in [-0.3, -0.25) is 4.79 Å². The van der Waals surface area contributed by atoms with Gasteiger partial charge in [-0.2, -0.15) is 0 Å². The summed E-state index contributed by atoms with van der Waals surface area (Å²) in [5.74, 6) is -0.940. The summed E-state index contributed by atoms with van der Waals surface area (Å²) in [4.78, 5) is 11.5. The molecule has 0 saturated carbocycles. The van der Waals surface area contributed by atoms with Crippen LogP contribution in [-0.4, -0.2) is 17.4 Å². The number of halogens is 2. The Balaban J connectivity index is 2.11. The van der Waals surface area contributed by atoms with Crippen molar-refractivity contribution in [2.24, 2.45) is 0 Å². The van der Waals surface area contributed by atoms with Crippen LogP contribution in [0.3, 0.4) is 0 Å². The van der Waals surface area contributed by atoms with Crippen LogP contribution in [0.5, 0.6) is 0 Å². The van der Waals surface area contributed by atoms with Gasteiger partial charge in [0.05, 0.1) is 11.7 Å². The van der Waals surface area contributed by atoms with Crippen LogP contribution in [0.25, 0.3) is 0 Å². The molecular formula is C16H15ClFNO2. The highest BCUT2D eigenvalue weighted by Gasteiger charge is 2.14. The molecule has 5 heteroatoms. The number of hydrogen-bond donors (Lipinski definition) is 2. The first-order chi connectivity index (χ1) is 9.99. The van der Waals surface area contributed by atoms with Gasteiger partial charge in [-0.1, -0.05) is 29.8 Å². The SMILES string of the molecule is CC(=O)c1c(F)cccc1NC[C@@H](O)c1ccc(Cl)cc1. The summed E-state index contributed by atoms with van der Waals surface area (Å²) < 4.78 is 13.7. The van der Waals surface area contributed by atoms with Crippen LogP contribution >= 0.6 is 11.6 Å². The normalized spacial score (nSPS) is 12.0. The minimum atomic E-state index is -0.787. The van der Waals surface area contributed by atoms with Crippen molar-refractivity contribution in [3.63, 3.8) is 0 Å². The molecule has 0 radical (unpaired) electrons. The zero-order valence-electron chi connectivity index (χ0n) is 11.4. The molecule has 21 heavy (non-hydrogen) atoms. The molecule has 110 valence electrons. The molecule has 0 amide bonds. The monoisotopic (exact) mass is 307 g/mol. The highest BCUT2D eigenvalue weighted by atomic mass is 35.5. The number of carbonyl (C=O) groups excluding carboxylic acids is 1. The fraction of sp³-hybridized carbons (Fsp3) is 0.188. The highest BCUT2D eigenvalue weighted by molar-refractivity contribution is 6.30. The summed E-state index contributed by atoms with van der Waals surface area (Å²) in [6.45, 7) is 1.46. The maximum atomic E-state index is 13.7. The Morgan fingerprint density at radius 1 is 1.29 bits per heavy atom. The quantitative estimate of drug-likeness (QED) is 0.825. The number of anilines is 1. The molecule has 1 atom stereocenters. The Kier molecular flexibility index (Phi) is 4.94. The van der Waals surface area contributed by atoms with E-state index in [-0.39, 0.29) is 17.9 Å². The van der Waals surface area contributed by atoms with Gasteiger partial charge < -0.3 is 10.4 Å². The van der Waals surface area contributed by atoms with Crippen LogP contribution in [0.15, 0.2) is 42.5 Å². The lowest BCUT2D eigenvalue weighted by atomic mass is 10.1. The number of aliphatic hydroxyl groups excluding tert-OH is 1. The second-order valence-corrected chi connectivity index (χ2v) is 5.10. The molecule has 0 aliphatic rings. The average molecular weight is 308 g/mol. The summed E-state index contributed by atoms with van der Waals surface area (Å²) in [6, 6.07) is 11.1. The Hall–Kier alpha value is -1.91. The molecule has 0 heterocycles. The number of Topliss-reactive ketones (excluding diaryl/α,β-unsaturated/α-hetero) is 1. The minimum Gasteiger partial charge on any atom is -0.387 e. The van der Waals surface area contributed by atoms with E-state index in [1.54, 1.807) is 30.3 Å². The fourth-order valence-corrected chi connectivity index (χ4v) is 2.16. The Bertz CT molecular complexity index is 643. The summed E-state index contributed by atoms with van der Waals surface area (Å²) in [5, 5.41) is 13.6.